The second kappa shape index (κ2) is 11.6. The highest BCUT2D eigenvalue weighted by Gasteiger charge is 2.23. The molecular formula is C13H25Cl3OSi. The Morgan fingerprint density at radius 3 is 1.94 bits per heavy atom. The summed E-state index contributed by atoms with van der Waals surface area (Å²) in [6.07, 6.45) is 8.45. The van der Waals surface area contributed by atoms with Crippen molar-refractivity contribution < 1.29 is 4.74 Å². The first-order valence-electron chi connectivity index (χ1n) is 6.70. The lowest BCUT2D eigenvalue weighted by Crippen LogP contribution is -2.07. The molecule has 0 saturated heterocycles. The predicted octanol–water partition coefficient (Wildman–Crippen LogP) is 5.97. The summed E-state index contributed by atoms with van der Waals surface area (Å²) in [6.45, 7) is 7.33. The van der Waals surface area contributed by atoms with E-state index in [1.165, 1.54) is 32.1 Å². The fourth-order valence-corrected chi connectivity index (χ4v) is 3.51. The van der Waals surface area contributed by atoms with Gasteiger partial charge in [-0.15, -0.1) is 33.2 Å². The van der Waals surface area contributed by atoms with E-state index in [0.29, 0.717) is 6.61 Å². The van der Waals surface area contributed by atoms with Gasteiger partial charge in [-0.3, -0.25) is 0 Å². The quantitative estimate of drug-likeness (QED) is 0.185. The third-order valence-corrected chi connectivity index (χ3v) is 5.22. The fraction of sp³-hybridized carbons (Fsp3) is 0.846. The number of rotatable bonds is 12. The number of halogens is 3. The summed E-state index contributed by atoms with van der Waals surface area (Å²) in [5.41, 5.74) is 1.09. The molecule has 0 radical (unpaired) electrons. The highest BCUT2D eigenvalue weighted by molar-refractivity contribution is 7.64. The average Bonchev–Trinajstić information content (AvgIpc) is 2.24. The standard InChI is InChI=1S/C13H25Cl3OSi/c1-13(2)12-17-10-8-6-4-3-5-7-9-11-18(14,15)16/h1,3-12H2,2H3. The molecule has 0 fully saturated rings. The van der Waals surface area contributed by atoms with Crippen LogP contribution in [0.25, 0.3) is 0 Å². The van der Waals surface area contributed by atoms with Crippen LogP contribution in [0.2, 0.25) is 6.04 Å². The summed E-state index contributed by atoms with van der Waals surface area (Å²) in [4.78, 5) is 0. The topological polar surface area (TPSA) is 9.23 Å². The molecule has 0 aliphatic heterocycles. The van der Waals surface area contributed by atoms with Gasteiger partial charge in [0.2, 0.25) is 0 Å². The van der Waals surface area contributed by atoms with Gasteiger partial charge in [-0.1, -0.05) is 50.7 Å². The molecule has 0 aliphatic carbocycles. The van der Waals surface area contributed by atoms with Gasteiger partial charge >= 0.3 is 6.00 Å². The average molecular weight is 332 g/mol. The molecule has 0 aromatic carbocycles. The fourth-order valence-electron chi connectivity index (χ4n) is 1.66. The summed E-state index contributed by atoms with van der Waals surface area (Å²) in [6, 6.07) is -1.57. The van der Waals surface area contributed by atoms with Crippen molar-refractivity contribution in [3.8, 4) is 0 Å². The Morgan fingerprint density at radius 2 is 1.44 bits per heavy atom. The molecule has 0 aromatic rings. The molecule has 1 nitrogen and oxygen atoms in total. The van der Waals surface area contributed by atoms with Gasteiger partial charge in [0, 0.05) is 6.61 Å². The van der Waals surface area contributed by atoms with Crippen LogP contribution < -0.4 is 0 Å². The Kier molecular flexibility index (Phi) is 12.1. The van der Waals surface area contributed by atoms with Gasteiger partial charge in [-0.05, 0) is 19.4 Å². The molecule has 5 heteroatoms. The smallest absolute Gasteiger partial charge is 0.341 e. The highest BCUT2D eigenvalue weighted by atomic mass is 35.8. The van der Waals surface area contributed by atoms with Crippen LogP contribution in [0.4, 0.5) is 0 Å². The Hall–Kier alpha value is 0.787. The molecule has 0 rings (SSSR count). The first-order chi connectivity index (χ1) is 8.42. The molecular weight excluding hydrogens is 307 g/mol. The second-order valence-corrected chi connectivity index (χ2v) is 14.1. The molecule has 108 valence electrons. The predicted molar refractivity (Wildman–Crippen MR) is 86.1 cm³/mol. The van der Waals surface area contributed by atoms with Crippen molar-refractivity contribution in [1.29, 1.82) is 0 Å². The molecule has 18 heavy (non-hydrogen) atoms. The largest absolute Gasteiger partial charge is 0.377 e. The van der Waals surface area contributed by atoms with Crippen LogP contribution in [-0.4, -0.2) is 19.2 Å². The molecule has 0 heterocycles. The number of hydrogen-bond acceptors (Lipinski definition) is 1. The molecule has 0 amide bonds. The minimum absolute atomic E-state index is 0.695. The van der Waals surface area contributed by atoms with E-state index >= 15 is 0 Å². The molecule has 0 atom stereocenters. The third kappa shape index (κ3) is 16.8. The molecule has 0 aromatic heterocycles. The van der Waals surface area contributed by atoms with Crippen molar-refractivity contribution in [2.75, 3.05) is 13.2 Å². The third-order valence-electron chi connectivity index (χ3n) is 2.60. The van der Waals surface area contributed by atoms with E-state index < -0.39 is 6.00 Å². The molecule has 0 unspecified atom stereocenters. The lowest BCUT2D eigenvalue weighted by molar-refractivity contribution is 0.151. The zero-order valence-corrected chi connectivity index (χ0v) is 14.6. The van der Waals surface area contributed by atoms with Crippen LogP contribution in [0.1, 0.15) is 51.9 Å². The van der Waals surface area contributed by atoms with Gasteiger partial charge in [0.05, 0.1) is 6.61 Å². The zero-order valence-electron chi connectivity index (χ0n) is 11.3. The summed E-state index contributed by atoms with van der Waals surface area (Å²) in [5, 5.41) is 0. The van der Waals surface area contributed by atoms with Crippen LogP contribution in [0, 0.1) is 0 Å². The van der Waals surface area contributed by atoms with Gasteiger partial charge < -0.3 is 4.74 Å². The highest BCUT2D eigenvalue weighted by Crippen LogP contribution is 2.27. The van der Waals surface area contributed by atoms with E-state index in [1.807, 2.05) is 6.92 Å². The van der Waals surface area contributed by atoms with E-state index in [2.05, 4.69) is 6.58 Å². The molecule has 0 saturated carbocycles. The minimum atomic E-state index is -2.36. The molecule has 0 N–H and O–H groups in total. The summed E-state index contributed by atoms with van der Waals surface area (Å²) >= 11 is 17.4. The van der Waals surface area contributed by atoms with Crippen LogP contribution >= 0.6 is 33.2 Å². The Morgan fingerprint density at radius 1 is 0.944 bits per heavy atom. The van der Waals surface area contributed by atoms with Gasteiger partial charge in [0.25, 0.3) is 0 Å². The number of ether oxygens (including phenoxy) is 1. The number of hydrogen-bond donors (Lipinski definition) is 0. The van der Waals surface area contributed by atoms with E-state index in [-0.39, 0.29) is 0 Å². The van der Waals surface area contributed by atoms with Crippen LogP contribution in [0.3, 0.4) is 0 Å². The normalized spacial score (nSPS) is 11.8. The van der Waals surface area contributed by atoms with E-state index in [4.69, 9.17) is 38.0 Å². The van der Waals surface area contributed by atoms with Crippen LogP contribution in [0.5, 0.6) is 0 Å². The molecule has 0 aliphatic rings. The Labute approximate surface area is 127 Å². The second-order valence-electron chi connectivity index (χ2n) is 4.85. The van der Waals surface area contributed by atoms with Crippen molar-refractivity contribution in [2.45, 2.75) is 57.9 Å². The van der Waals surface area contributed by atoms with Gasteiger partial charge in [0.15, 0.2) is 0 Å². The van der Waals surface area contributed by atoms with Crippen molar-refractivity contribution in [2.24, 2.45) is 0 Å². The number of unbranched alkanes of at least 4 members (excludes halogenated alkanes) is 6. The summed E-state index contributed by atoms with van der Waals surface area (Å²) < 4.78 is 5.44. The van der Waals surface area contributed by atoms with Crippen molar-refractivity contribution >= 4 is 39.2 Å². The van der Waals surface area contributed by atoms with Crippen molar-refractivity contribution in [3.63, 3.8) is 0 Å². The van der Waals surface area contributed by atoms with E-state index in [9.17, 15) is 0 Å². The van der Waals surface area contributed by atoms with Gasteiger partial charge in [-0.25, -0.2) is 0 Å². The minimum Gasteiger partial charge on any atom is -0.377 e. The van der Waals surface area contributed by atoms with E-state index in [0.717, 1.165) is 31.1 Å². The van der Waals surface area contributed by atoms with Crippen molar-refractivity contribution in [3.05, 3.63) is 12.2 Å². The zero-order chi connectivity index (χ0) is 13.9. The summed E-state index contributed by atoms with van der Waals surface area (Å²) in [7, 11) is 0. The Balaban J connectivity index is 3.06. The molecule has 0 spiro atoms. The van der Waals surface area contributed by atoms with E-state index in [1.54, 1.807) is 0 Å². The monoisotopic (exact) mass is 330 g/mol. The Bertz CT molecular complexity index is 217. The maximum absolute atomic E-state index is 5.82. The van der Waals surface area contributed by atoms with Gasteiger partial charge in [-0.2, -0.15) is 0 Å². The molecule has 0 bridgehead atoms. The maximum atomic E-state index is 5.82. The van der Waals surface area contributed by atoms with Gasteiger partial charge in [0.1, 0.15) is 0 Å². The summed E-state index contributed by atoms with van der Waals surface area (Å²) in [5.74, 6) is 0. The maximum Gasteiger partial charge on any atom is 0.341 e. The lowest BCUT2D eigenvalue weighted by atomic mass is 10.1. The SMILES string of the molecule is C=C(C)COCCCCCCCCC[Si](Cl)(Cl)Cl. The van der Waals surface area contributed by atoms with Crippen LogP contribution in [0.15, 0.2) is 12.2 Å². The first-order valence-corrected chi connectivity index (χ1v) is 11.9. The van der Waals surface area contributed by atoms with Crippen LogP contribution in [-0.2, 0) is 4.74 Å². The lowest BCUT2D eigenvalue weighted by Gasteiger charge is -2.07. The van der Waals surface area contributed by atoms with Crippen molar-refractivity contribution in [1.82, 2.24) is 0 Å². The first kappa shape index (κ1) is 18.8.